The van der Waals surface area contributed by atoms with Crippen LogP contribution < -0.4 is 0 Å². The average molecular weight is 478 g/mol. The summed E-state index contributed by atoms with van der Waals surface area (Å²) in [5.41, 5.74) is 3.12. The quantitative estimate of drug-likeness (QED) is 0.589. The number of carbonyl (C=O) groups is 1. The van der Waals surface area contributed by atoms with Crippen LogP contribution in [-0.2, 0) is 17.8 Å². The van der Waals surface area contributed by atoms with Crippen LogP contribution in [0.5, 0.6) is 0 Å². The first-order chi connectivity index (χ1) is 16.6. The van der Waals surface area contributed by atoms with E-state index in [0.717, 1.165) is 55.0 Å². The summed E-state index contributed by atoms with van der Waals surface area (Å²) < 4.78 is 1.83. The van der Waals surface area contributed by atoms with Crippen LogP contribution in [0, 0.1) is 40.4 Å². The lowest BCUT2D eigenvalue weighted by molar-refractivity contribution is -0.151. The summed E-state index contributed by atoms with van der Waals surface area (Å²) in [5.74, 6) is 3.32. The minimum absolute atomic E-state index is 0.118. The van der Waals surface area contributed by atoms with Crippen LogP contribution in [0.2, 0.25) is 0 Å². The third kappa shape index (κ3) is 3.62. The minimum Gasteiger partial charge on any atom is -0.390 e. The first-order valence-corrected chi connectivity index (χ1v) is 14.2. The van der Waals surface area contributed by atoms with Crippen LogP contribution in [-0.4, -0.2) is 31.5 Å². The lowest BCUT2D eigenvalue weighted by Gasteiger charge is -2.61. The highest BCUT2D eigenvalue weighted by atomic mass is 16.3. The molecule has 1 aromatic carbocycles. The molecule has 2 aromatic rings. The van der Waals surface area contributed by atoms with Gasteiger partial charge in [0.25, 0.3) is 0 Å². The van der Waals surface area contributed by atoms with Gasteiger partial charge in [0.05, 0.1) is 11.1 Å². The molecule has 0 amide bonds. The van der Waals surface area contributed by atoms with Crippen LogP contribution in [0.25, 0.3) is 11.0 Å². The Kier molecular flexibility index (Phi) is 5.49. The maximum atomic E-state index is 13.7. The van der Waals surface area contributed by atoms with E-state index in [9.17, 15) is 9.90 Å². The van der Waals surface area contributed by atoms with Gasteiger partial charge in [-0.1, -0.05) is 32.1 Å². The van der Waals surface area contributed by atoms with Crippen molar-refractivity contribution in [2.45, 2.75) is 104 Å². The van der Waals surface area contributed by atoms with Gasteiger partial charge in [-0.05, 0) is 123 Å². The molecule has 4 aliphatic carbocycles. The van der Waals surface area contributed by atoms with E-state index in [1.54, 1.807) is 0 Å². The Morgan fingerprint density at radius 3 is 2.63 bits per heavy atom. The van der Waals surface area contributed by atoms with Gasteiger partial charge in [0.2, 0.25) is 0 Å². The average Bonchev–Trinajstić information content (AvgIpc) is 3.39. The predicted octanol–water partition coefficient (Wildman–Crippen LogP) is 5.97. The molecular weight excluding hydrogens is 434 g/mol. The number of Topliss-reactive ketones (excluding diaryl/α,β-unsaturated/α-hetero) is 1. The van der Waals surface area contributed by atoms with E-state index in [4.69, 9.17) is 0 Å². The zero-order valence-electron chi connectivity index (χ0n) is 22.1. The molecule has 35 heavy (non-hydrogen) atoms. The number of aromatic nitrogens is 3. The molecule has 8 atom stereocenters. The highest BCUT2D eigenvalue weighted by Gasteiger charge is 2.61. The summed E-state index contributed by atoms with van der Waals surface area (Å²) >= 11 is 0. The van der Waals surface area contributed by atoms with Gasteiger partial charge in [0.15, 0.2) is 5.78 Å². The van der Waals surface area contributed by atoms with Crippen molar-refractivity contribution in [1.82, 2.24) is 15.0 Å². The van der Waals surface area contributed by atoms with Crippen molar-refractivity contribution in [2.75, 3.05) is 0 Å². The number of carbonyl (C=O) groups excluding carboxylic acids is 1. The van der Waals surface area contributed by atoms with Gasteiger partial charge in [-0.2, -0.15) is 0 Å². The van der Waals surface area contributed by atoms with Crippen molar-refractivity contribution in [2.24, 2.45) is 40.4 Å². The molecule has 0 bridgehead atoms. The number of nitrogens with zero attached hydrogens (tertiary/aromatic N) is 3. The van der Waals surface area contributed by atoms with E-state index in [1.165, 1.54) is 37.7 Å². The van der Waals surface area contributed by atoms with Gasteiger partial charge in [-0.3, -0.25) is 4.79 Å². The maximum absolute atomic E-state index is 13.7. The lowest BCUT2D eigenvalue weighted by atomic mass is 9.44. The number of rotatable bonds is 4. The minimum atomic E-state index is -0.477. The van der Waals surface area contributed by atoms with Gasteiger partial charge < -0.3 is 5.11 Å². The van der Waals surface area contributed by atoms with Crippen molar-refractivity contribution in [3.63, 3.8) is 0 Å². The lowest BCUT2D eigenvalue weighted by Crippen LogP contribution is -2.55. The van der Waals surface area contributed by atoms with Crippen molar-refractivity contribution < 1.29 is 9.90 Å². The molecule has 4 aliphatic rings. The monoisotopic (exact) mass is 477 g/mol. The number of aliphatic hydroxyl groups is 1. The summed E-state index contributed by atoms with van der Waals surface area (Å²) in [6.07, 6.45) is 11.3. The first-order valence-electron chi connectivity index (χ1n) is 14.2. The second-order valence-electron chi connectivity index (χ2n) is 13.4. The van der Waals surface area contributed by atoms with Crippen molar-refractivity contribution in [1.29, 1.82) is 0 Å². The topological polar surface area (TPSA) is 68.0 Å². The maximum Gasteiger partial charge on any atom is 0.157 e. The number of hydrogen-bond acceptors (Lipinski definition) is 4. The third-order valence-corrected chi connectivity index (χ3v) is 11.6. The molecule has 0 radical (unpaired) electrons. The molecule has 0 saturated heterocycles. The first kappa shape index (κ1) is 23.6. The van der Waals surface area contributed by atoms with Gasteiger partial charge in [0.1, 0.15) is 12.1 Å². The van der Waals surface area contributed by atoms with Gasteiger partial charge >= 0.3 is 0 Å². The van der Waals surface area contributed by atoms with Crippen LogP contribution in [0.1, 0.15) is 91.0 Å². The summed E-state index contributed by atoms with van der Waals surface area (Å²) in [4.78, 5) is 13.7. The van der Waals surface area contributed by atoms with Gasteiger partial charge in [-0.15, -0.1) is 5.10 Å². The van der Waals surface area contributed by atoms with Gasteiger partial charge in [0, 0.05) is 5.92 Å². The molecule has 4 fully saturated rings. The number of benzene rings is 1. The third-order valence-electron chi connectivity index (χ3n) is 11.6. The summed E-state index contributed by atoms with van der Waals surface area (Å²) in [7, 11) is 0. The second-order valence-corrected chi connectivity index (χ2v) is 13.4. The van der Waals surface area contributed by atoms with Crippen LogP contribution in [0.4, 0.5) is 0 Å². The van der Waals surface area contributed by atoms with Crippen molar-refractivity contribution in [3.8, 4) is 0 Å². The Labute approximate surface area is 210 Å². The Balaban J connectivity index is 1.21. The van der Waals surface area contributed by atoms with Gasteiger partial charge in [-0.25, -0.2) is 4.68 Å². The normalized spacial score (nSPS) is 42.9. The number of aryl methyl sites for hydroxylation is 1. The zero-order valence-corrected chi connectivity index (χ0v) is 22.1. The number of hydrogen-bond donors (Lipinski definition) is 1. The van der Waals surface area contributed by atoms with E-state index >= 15 is 0 Å². The Morgan fingerprint density at radius 1 is 1.03 bits per heavy atom. The van der Waals surface area contributed by atoms with E-state index in [0.29, 0.717) is 29.6 Å². The molecule has 5 nitrogen and oxygen atoms in total. The predicted molar refractivity (Wildman–Crippen MR) is 138 cm³/mol. The highest BCUT2D eigenvalue weighted by Crippen LogP contribution is 2.68. The Hall–Kier alpha value is -1.75. The fourth-order valence-corrected chi connectivity index (χ4v) is 9.57. The summed E-state index contributed by atoms with van der Waals surface area (Å²) in [5, 5.41) is 19.5. The number of ketones is 1. The molecule has 0 aliphatic heterocycles. The van der Waals surface area contributed by atoms with E-state index in [2.05, 4.69) is 49.3 Å². The molecule has 1 N–H and O–H groups in total. The van der Waals surface area contributed by atoms with E-state index < -0.39 is 5.60 Å². The molecule has 190 valence electrons. The summed E-state index contributed by atoms with van der Waals surface area (Å²) in [6.45, 7) is 9.52. The largest absolute Gasteiger partial charge is 0.390 e. The fraction of sp³-hybridized carbons (Fsp3) is 0.767. The Bertz CT molecular complexity index is 1140. The van der Waals surface area contributed by atoms with Crippen LogP contribution >= 0.6 is 0 Å². The zero-order chi connectivity index (χ0) is 24.6. The molecule has 4 saturated carbocycles. The number of fused-ring (bicyclic) bond motifs is 6. The molecule has 6 rings (SSSR count). The molecule has 0 spiro atoms. The molecule has 0 unspecified atom stereocenters. The van der Waals surface area contributed by atoms with E-state index in [1.807, 2.05) is 11.6 Å². The smallest absolute Gasteiger partial charge is 0.157 e. The molecule has 1 heterocycles. The standard InChI is InChI=1S/C30H43N3O2/c1-5-19-6-11-26-25(16-19)31-32-33(26)18-27(34)24-10-9-22-21-8-7-20-17-28(2,35)14-15-29(20,3)23(21)12-13-30(22,24)4/h6,11,16,20-24,35H,5,7-10,12-15,17-18H2,1-4H3/t20-,21-,22-,23-,24+,28+,29-,30-/m0/s1. The SMILES string of the molecule is CCc1ccc2c(c1)nnn2CC(=O)[C@H]1CC[C@H]2[C@@H]3CC[C@H]4C[C@](C)(O)CC[C@]4(C)[C@H]3CC[C@]12C. The van der Waals surface area contributed by atoms with Crippen LogP contribution in [0.15, 0.2) is 18.2 Å². The van der Waals surface area contributed by atoms with Crippen molar-refractivity contribution >= 4 is 16.8 Å². The fourth-order valence-electron chi connectivity index (χ4n) is 9.57. The second kappa shape index (κ2) is 8.13. The molecule has 5 heteroatoms. The van der Waals surface area contributed by atoms with Crippen molar-refractivity contribution in [3.05, 3.63) is 23.8 Å². The summed E-state index contributed by atoms with van der Waals surface area (Å²) in [6, 6.07) is 6.30. The Morgan fingerprint density at radius 2 is 1.83 bits per heavy atom. The molecule has 1 aromatic heterocycles. The van der Waals surface area contributed by atoms with Crippen LogP contribution in [0.3, 0.4) is 0 Å². The molecular formula is C30H43N3O2. The highest BCUT2D eigenvalue weighted by molar-refractivity contribution is 5.84. The van der Waals surface area contributed by atoms with E-state index in [-0.39, 0.29) is 11.3 Å².